The molecule has 0 atom stereocenters. The van der Waals surface area contributed by atoms with E-state index in [0.717, 1.165) is 62.0 Å². The highest BCUT2D eigenvalue weighted by Gasteiger charge is 2.45. The molecule has 10 heteroatoms. The molecule has 3 rings (SSSR count). The van der Waals surface area contributed by atoms with E-state index in [4.69, 9.17) is 9.47 Å². The molecular weight excluding hydrogens is 462 g/mol. The Morgan fingerprint density at radius 1 is 1.21 bits per heavy atom. The lowest BCUT2D eigenvalue weighted by atomic mass is 9.86. The van der Waals surface area contributed by atoms with Crippen molar-refractivity contribution in [3.05, 3.63) is 6.20 Å². The number of thiazole rings is 1. The Hall–Kier alpha value is -1.36. The normalized spacial score (nSPS) is 19.2. The van der Waals surface area contributed by atoms with Gasteiger partial charge in [-0.2, -0.15) is 0 Å². The molecule has 0 spiro atoms. The van der Waals surface area contributed by atoms with E-state index >= 15 is 0 Å². The zero-order valence-electron chi connectivity index (χ0n) is 19.9. The minimum Gasteiger partial charge on any atom is -0.480 e. The maximum Gasteiger partial charge on any atom is 0.326 e. The number of carbonyl (C=O) groups is 2. The van der Waals surface area contributed by atoms with Crippen LogP contribution in [0.2, 0.25) is 0 Å². The van der Waals surface area contributed by atoms with E-state index in [0.29, 0.717) is 18.3 Å². The fourth-order valence-electron chi connectivity index (χ4n) is 4.71. The van der Waals surface area contributed by atoms with Crippen molar-refractivity contribution in [1.82, 2.24) is 9.88 Å². The number of nitrogens with zero attached hydrogens (tertiary/aromatic N) is 2. The van der Waals surface area contributed by atoms with Crippen molar-refractivity contribution < 1.29 is 24.2 Å². The lowest BCUT2D eigenvalue weighted by Gasteiger charge is -2.50. The van der Waals surface area contributed by atoms with Crippen LogP contribution in [0.15, 0.2) is 10.4 Å². The molecule has 0 saturated heterocycles. The van der Waals surface area contributed by atoms with E-state index in [2.05, 4.69) is 10.3 Å². The second-order valence-corrected chi connectivity index (χ2v) is 12.3. The van der Waals surface area contributed by atoms with Crippen molar-refractivity contribution in [3.8, 4) is 0 Å². The standard InChI is InChI=1S/C23H37N3O5S2/c1-22(2,19(27)28)33-18-16-24-20(32-18)25-21(29)26(17-10-6-4-7-11-17)23(31-15-14-30-3)12-8-5-9-13-23/h16-17H,4-15H2,1-3H3,(H,27,28)(H,24,25,29). The lowest BCUT2D eigenvalue weighted by Crippen LogP contribution is -2.60. The van der Waals surface area contributed by atoms with Crippen LogP contribution in [-0.4, -0.2) is 63.8 Å². The SMILES string of the molecule is COCCOC1(N(C(=O)Nc2ncc(SC(C)(C)C(=O)O)s2)C2CCCCC2)CCCCC1. The Bertz CT molecular complexity index is 789. The van der Waals surface area contributed by atoms with Gasteiger partial charge in [0.05, 0.1) is 23.6 Å². The van der Waals surface area contributed by atoms with Gasteiger partial charge in [0.1, 0.15) is 10.5 Å². The lowest BCUT2D eigenvalue weighted by molar-refractivity contribution is -0.175. The van der Waals surface area contributed by atoms with Gasteiger partial charge in [-0.15, -0.1) is 0 Å². The van der Waals surface area contributed by atoms with Crippen LogP contribution in [0.1, 0.15) is 78.1 Å². The summed E-state index contributed by atoms with van der Waals surface area (Å²) in [6.45, 7) is 4.27. The first-order valence-corrected chi connectivity index (χ1v) is 13.5. The Morgan fingerprint density at radius 2 is 1.88 bits per heavy atom. The molecule has 2 saturated carbocycles. The van der Waals surface area contributed by atoms with Crippen molar-refractivity contribution in [2.45, 2.75) is 98.8 Å². The molecule has 2 amide bonds. The number of thioether (sulfide) groups is 1. The zero-order valence-corrected chi connectivity index (χ0v) is 21.6. The van der Waals surface area contributed by atoms with Gasteiger partial charge in [-0.05, 0) is 52.4 Å². The third kappa shape index (κ3) is 6.83. The molecule has 0 unspecified atom stereocenters. The predicted molar refractivity (Wildman–Crippen MR) is 131 cm³/mol. The summed E-state index contributed by atoms with van der Waals surface area (Å²) in [5.41, 5.74) is -0.622. The second kappa shape index (κ2) is 11.9. The molecule has 0 radical (unpaired) electrons. The van der Waals surface area contributed by atoms with Crippen LogP contribution in [-0.2, 0) is 14.3 Å². The maximum absolute atomic E-state index is 13.7. The molecule has 186 valence electrons. The minimum atomic E-state index is -0.969. The van der Waals surface area contributed by atoms with Gasteiger partial charge in [0.2, 0.25) is 0 Å². The van der Waals surface area contributed by atoms with E-state index in [9.17, 15) is 14.7 Å². The number of aromatic nitrogens is 1. The fraction of sp³-hybridized carbons (Fsp3) is 0.783. The van der Waals surface area contributed by atoms with Gasteiger partial charge in [-0.3, -0.25) is 15.0 Å². The Labute approximate surface area is 204 Å². The number of methoxy groups -OCH3 is 1. The number of amides is 2. The van der Waals surface area contributed by atoms with E-state index in [1.807, 2.05) is 4.90 Å². The smallest absolute Gasteiger partial charge is 0.326 e. The molecule has 1 aromatic heterocycles. The van der Waals surface area contributed by atoms with Crippen molar-refractivity contribution >= 4 is 40.2 Å². The van der Waals surface area contributed by atoms with Crippen molar-refractivity contribution in [1.29, 1.82) is 0 Å². The molecule has 0 aliphatic heterocycles. The first-order chi connectivity index (χ1) is 15.8. The number of hydrogen-bond acceptors (Lipinski definition) is 7. The molecule has 0 aromatic carbocycles. The average Bonchev–Trinajstić information content (AvgIpc) is 3.21. The summed E-state index contributed by atoms with van der Waals surface area (Å²) < 4.78 is 11.4. The van der Waals surface area contributed by atoms with Crippen molar-refractivity contribution in [3.63, 3.8) is 0 Å². The number of nitrogens with one attached hydrogen (secondary N) is 1. The minimum absolute atomic E-state index is 0.138. The summed E-state index contributed by atoms with van der Waals surface area (Å²) in [4.78, 5) is 31.5. The second-order valence-electron chi connectivity index (χ2n) is 9.34. The molecule has 1 heterocycles. The van der Waals surface area contributed by atoms with E-state index in [-0.39, 0.29) is 12.1 Å². The van der Waals surface area contributed by atoms with Crippen LogP contribution in [0.4, 0.5) is 9.93 Å². The third-order valence-corrected chi connectivity index (χ3v) is 8.66. The molecule has 8 nitrogen and oxygen atoms in total. The first-order valence-electron chi connectivity index (χ1n) is 11.9. The number of carboxylic acids is 1. The third-order valence-electron chi connectivity index (χ3n) is 6.46. The summed E-state index contributed by atoms with van der Waals surface area (Å²) in [6, 6.07) is -0.0382. The van der Waals surface area contributed by atoms with Crippen LogP contribution in [0.3, 0.4) is 0 Å². The van der Waals surface area contributed by atoms with Crippen LogP contribution >= 0.6 is 23.1 Å². The topological polar surface area (TPSA) is 101 Å². The molecule has 2 aliphatic carbocycles. The maximum atomic E-state index is 13.7. The number of aliphatic carboxylic acids is 1. The number of hydrogen-bond donors (Lipinski definition) is 2. The molecule has 1 aromatic rings. The van der Waals surface area contributed by atoms with E-state index in [1.165, 1.54) is 29.5 Å². The number of carboxylic acid groups (broad SMARTS) is 1. The van der Waals surface area contributed by atoms with E-state index < -0.39 is 16.4 Å². The monoisotopic (exact) mass is 499 g/mol. The molecule has 0 bridgehead atoms. The Kier molecular flexibility index (Phi) is 9.43. The number of ether oxygens (including phenoxy) is 2. The van der Waals surface area contributed by atoms with Gasteiger partial charge in [-0.1, -0.05) is 48.8 Å². The van der Waals surface area contributed by atoms with Gasteiger partial charge in [0, 0.05) is 13.2 Å². The van der Waals surface area contributed by atoms with Crippen LogP contribution < -0.4 is 5.32 Å². The number of anilines is 1. The van der Waals surface area contributed by atoms with Crippen LogP contribution in [0.5, 0.6) is 0 Å². The Balaban J connectivity index is 1.80. The van der Waals surface area contributed by atoms with Gasteiger partial charge < -0.3 is 14.6 Å². The molecule has 2 aliphatic rings. The highest BCUT2D eigenvalue weighted by atomic mass is 32.2. The predicted octanol–water partition coefficient (Wildman–Crippen LogP) is 5.59. The number of rotatable bonds is 10. The first kappa shape index (κ1) is 26.2. The molecular formula is C23H37N3O5S2. The summed E-state index contributed by atoms with van der Waals surface area (Å²) in [5.74, 6) is -0.887. The zero-order chi connectivity index (χ0) is 23.9. The highest BCUT2D eigenvalue weighted by Crippen LogP contribution is 2.41. The van der Waals surface area contributed by atoms with Crippen molar-refractivity contribution in [2.24, 2.45) is 0 Å². The number of carbonyl (C=O) groups excluding carboxylic acids is 1. The Morgan fingerprint density at radius 3 is 2.52 bits per heavy atom. The summed E-state index contributed by atoms with van der Waals surface area (Å²) >= 11 is 2.54. The van der Waals surface area contributed by atoms with Gasteiger partial charge in [-0.25, -0.2) is 9.78 Å². The van der Waals surface area contributed by atoms with Crippen LogP contribution in [0, 0.1) is 0 Å². The summed E-state index contributed by atoms with van der Waals surface area (Å²) in [6.07, 6.45) is 11.9. The molecule has 2 fully saturated rings. The van der Waals surface area contributed by atoms with Crippen molar-refractivity contribution in [2.75, 3.05) is 25.6 Å². The largest absolute Gasteiger partial charge is 0.480 e. The molecule has 2 N–H and O–H groups in total. The fourth-order valence-corrected chi connectivity index (χ4v) is 6.97. The summed E-state index contributed by atoms with van der Waals surface area (Å²) in [7, 11) is 1.66. The van der Waals surface area contributed by atoms with E-state index in [1.54, 1.807) is 27.2 Å². The highest BCUT2D eigenvalue weighted by molar-refractivity contribution is 8.03. The quantitative estimate of drug-likeness (QED) is 0.246. The summed E-state index contributed by atoms with van der Waals surface area (Å²) in [5, 5.41) is 12.9. The van der Waals surface area contributed by atoms with Gasteiger partial charge >= 0.3 is 12.0 Å². The van der Waals surface area contributed by atoms with Crippen LogP contribution in [0.25, 0.3) is 0 Å². The van der Waals surface area contributed by atoms with Gasteiger partial charge in [0.25, 0.3) is 0 Å². The number of urea groups is 1. The van der Waals surface area contributed by atoms with Gasteiger partial charge in [0.15, 0.2) is 5.13 Å². The average molecular weight is 500 g/mol. The molecule has 33 heavy (non-hydrogen) atoms.